The Balaban J connectivity index is 1.89. The molecule has 90 valence electrons. The Morgan fingerprint density at radius 1 is 1.29 bits per heavy atom. The van der Waals surface area contributed by atoms with E-state index in [4.69, 9.17) is 10.5 Å². The summed E-state index contributed by atoms with van der Waals surface area (Å²) in [5.74, 6) is 1.49. The van der Waals surface area contributed by atoms with Crippen LogP contribution in [-0.4, -0.2) is 16.4 Å². The average Bonchev–Trinajstić information content (AvgIpc) is 2.76. The summed E-state index contributed by atoms with van der Waals surface area (Å²) in [5.41, 5.74) is 6.76. The third kappa shape index (κ3) is 3.00. The van der Waals surface area contributed by atoms with Gasteiger partial charge in [-0.15, -0.1) is 0 Å². The molecule has 0 aliphatic carbocycles. The van der Waals surface area contributed by atoms with Gasteiger partial charge in [0.2, 0.25) is 0 Å². The minimum Gasteiger partial charge on any atom is -0.491 e. The van der Waals surface area contributed by atoms with Crippen LogP contribution in [0.5, 0.6) is 5.75 Å². The molecule has 0 radical (unpaired) electrons. The maximum Gasteiger partial charge on any atom is 0.145 e. The van der Waals surface area contributed by atoms with Crippen LogP contribution < -0.4 is 10.5 Å². The van der Waals surface area contributed by atoms with Crippen LogP contribution in [0, 0.1) is 0 Å². The molecule has 17 heavy (non-hydrogen) atoms. The highest BCUT2D eigenvalue weighted by Gasteiger charge is 2.00. The minimum atomic E-state index is 0.541. The van der Waals surface area contributed by atoms with Crippen molar-refractivity contribution in [1.82, 2.24) is 9.78 Å². The molecule has 2 N–H and O–H groups in total. The summed E-state index contributed by atoms with van der Waals surface area (Å²) >= 11 is 0. The summed E-state index contributed by atoms with van der Waals surface area (Å²) < 4.78 is 7.52. The quantitative estimate of drug-likeness (QED) is 0.857. The third-order valence-electron chi connectivity index (χ3n) is 2.59. The summed E-state index contributed by atoms with van der Waals surface area (Å²) in [6.45, 7) is 3.42. The monoisotopic (exact) mass is 231 g/mol. The number of hydrogen-bond donors (Lipinski definition) is 1. The maximum atomic E-state index is 5.74. The normalized spacial score (nSPS) is 10.4. The van der Waals surface area contributed by atoms with E-state index in [1.807, 2.05) is 24.4 Å². The molecule has 2 rings (SSSR count). The van der Waals surface area contributed by atoms with Gasteiger partial charge in [0.1, 0.15) is 18.2 Å². The van der Waals surface area contributed by atoms with E-state index in [9.17, 15) is 0 Å². The molecule has 0 saturated carbocycles. The van der Waals surface area contributed by atoms with Crippen LogP contribution in [0.1, 0.15) is 12.5 Å². The molecule has 1 heterocycles. The van der Waals surface area contributed by atoms with Gasteiger partial charge in [-0.25, -0.2) is 0 Å². The van der Waals surface area contributed by atoms with Gasteiger partial charge in [-0.2, -0.15) is 5.10 Å². The number of para-hydroxylation sites is 1. The molecule has 1 aromatic carbocycles. The summed E-state index contributed by atoms with van der Waals surface area (Å²) in [6, 6.07) is 9.87. The van der Waals surface area contributed by atoms with Gasteiger partial charge in [0.15, 0.2) is 0 Å². The SMILES string of the molecule is CCc1ccccc1OCCn1ccc(N)n1. The Morgan fingerprint density at radius 2 is 2.12 bits per heavy atom. The fourth-order valence-corrected chi connectivity index (χ4v) is 1.69. The average molecular weight is 231 g/mol. The second-order valence-corrected chi connectivity index (χ2v) is 3.81. The largest absolute Gasteiger partial charge is 0.491 e. The fraction of sp³-hybridized carbons (Fsp3) is 0.308. The van der Waals surface area contributed by atoms with Gasteiger partial charge in [-0.3, -0.25) is 4.68 Å². The second kappa shape index (κ2) is 5.39. The van der Waals surface area contributed by atoms with Gasteiger partial charge in [-0.05, 0) is 24.1 Å². The molecule has 0 aliphatic heterocycles. The van der Waals surface area contributed by atoms with Crippen LogP contribution in [0.4, 0.5) is 5.82 Å². The van der Waals surface area contributed by atoms with Gasteiger partial charge in [-0.1, -0.05) is 25.1 Å². The van der Waals surface area contributed by atoms with E-state index in [0.717, 1.165) is 12.2 Å². The van der Waals surface area contributed by atoms with Crippen molar-refractivity contribution in [1.29, 1.82) is 0 Å². The first-order valence-corrected chi connectivity index (χ1v) is 5.79. The Labute approximate surface area is 101 Å². The number of ether oxygens (including phenoxy) is 1. The van der Waals surface area contributed by atoms with Crippen molar-refractivity contribution >= 4 is 5.82 Å². The summed E-state index contributed by atoms with van der Waals surface area (Å²) in [4.78, 5) is 0. The number of nitrogens with two attached hydrogens (primary N) is 1. The lowest BCUT2D eigenvalue weighted by atomic mass is 10.1. The number of nitrogen functional groups attached to an aromatic ring is 1. The Hall–Kier alpha value is -1.97. The van der Waals surface area contributed by atoms with E-state index in [2.05, 4.69) is 18.1 Å². The predicted octanol–water partition coefficient (Wildman–Crippen LogP) is 2.11. The molecule has 0 fully saturated rings. The number of benzene rings is 1. The van der Waals surface area contributed by atoms with Gasteiger partial charge >= 0.3 is 0 Å². The zero-order valence-corrected chi connectivity index (χ0v) is 9.97. The van der Waals surface area contributed by atoms with Crippen LogP contribution in [0.2, 0.25) is 0 Å². The summed E-state index contributed by atoms with van der Waals surface area (Å²) in [5, 5.41) is 4.10. The first-order chi connectivity index (χ1) is 8.29. The van der Waals surface area contributed by atoms with Crippen molar-refractivity contribution in [3.05, 3.63) is 42.1 Å². The van der Waals surface area contributed by atoms with Crippen molar-refractivity contribution in [3.63, 3.8) is 0 Å². The van der Waals surface area contributed by atoms with E-state index >= 15 is 0 Å². The molecule has 4 heteroatoms. The van der Waals surface area contributed by atoms with E-state index < -0.39 is 0 Å². The lowest BCUT2D eigenvalue weighted by Gasteiger charge is -2.10. The van der Waals surface area contributed by atoms with E-state index in [1.165, 1.54) is 5.56 Å². The Morgan fingerprint density at radius 3 is 2.82 bits per heavy atom. The van der Waals surface area contributed by atoms with Crippen molar-refractivity contribution < 1.29 is 4.74 Å². The highest BCUT2D eigenvalue weighted by atomic mass is 16.5. The second-order valence-electron chi connectivity index (χ2n) is 3.81. The molecule has 0 unspecified atom stereocenters. The van der Waals surface area contributed by atoms with Gasteiger partial charge in [0.05, 0.1) is 6.54 Å². The standard InChI is InChI=1S/C13H17N3O/c1-2-11-5-3-4-6-12(11)17-10-9-16-8-7-13(14)15-16/h3-8H,2,9-10H2,1H3,(H2,14,15). The molecule has 0 spiro atoms. The van der Waals surface area contributed by atoms with Gasteiger partial charge in [0, 0.05) is 6.20 Å². The molecule has 0 atom stereocenters. The van der Waals surface area contributed by atoms with Crippen molar-refractivity contribution in [3.8, 4) is 5.75 Å². The molecule has 0 amide bonds. The summed E-state index contributed by atoms with van der Waals surface area (Å²) in [6.07, 6.45) is 2.83. The predicted molar refractivity (Wildman–Crippen MR) is 68.0 cm³/mol. The molecule has 0 bridgehead atoms. The van der Waals surface area contributed by atoms with E-state index in [0.29, 0.717) is 19.0 Å². The van der Waals surface area contributed by atoms with Crippen LogP contribution in [0.25, 0.3) is 0 Å². The number of hydrogen-bond acceptors (Lipinski definition) is 3. The van der Waals surface area contributed by atoms with Crippen molar-refractivity contribution in [2.45, 2.75) is 19.9 Å². The number of aryl methyl sites for hydroxylation is 1. The lowest BCUT2D eigenvalue weighted by molar-refractivity contribution is 0.289. The van der Waals surface area contributed by atoms with Crippen LogP contribution in [0.3, 0.4) is 0 Å². The van der Waals surface area contributed by atoms with E-state index in [-0.39, 0.29) is 0 Å². The molecule has 0 saturated heterocycles. The minimum absolute atomic E-state index is 0.541. The smallest absolute Gasteiger partial charge is 0.145 e. The van der Waals surface area contributed by atoms with E-state index in [1.54, 1.807) is 10.7 Å². The molecule has 2 aromatic rings. The van der Waals surface area contributed by atoms with Crippen LogP contribution in [-0.2, 0) is 13.0 Å². The molecule has 0 aliphatic rings. The zero-order valence-electron chi connectivity index (χ0n) is 9.97. The van der Waals surface area contributed by atoms with Crippen molar-refractivity contribution in [2.24, 2.45) is 0 Å². The van der Waals surface area contributed by atoms with Crippen LogP contribution in [0.15, 0.2) is 36.5 Å². The Kier molecular flexibility index (Phi) is 3.65. The van der Waals surface area contributed by atoms with Crippen LogP contribution >= 0.6 is 0 Å². The molecule has 1 aromatic heterocycles. The van der Waals surface area contributed by atoms with Crippen molar-refractivity contribution in [2.75, 3.05) is 12.3 Å². The maximum absolute atomic E-state index is 5.74. The number of anilines is 1. The molecule has 4 nitrogen and oxygen atoms in total. The lowest BCUT2D eigenvalue weighted by Crippen LogP contribution is -2.09. The third-order valence-corrected chi connectivity index (χ3v) is 2.59. The van der Waals surface area contributed by atoms with Gasteiger partial charge in [0.25, 0.3) is 0 Å². The topological polar surface area (TPSA) is 53.1 Å². The number of nitrogens with zero attached hydrogens (tertiary/aromatic N) is 2. The highest BCUT2D eigenvalue weighted by molar-refractivity contribution is 5.33. The highest BCUT2D eigenvalue weighted by Crippen LogP contribution is 2.18. The Bertz CT molecular complexity index is 479. The first-order valence-electron chi connectivity index (χ1n) is 5.79. The fourth-order valence-electron chi connectivity index (χ4n) is 1.69. The zero-order chi connectivity index (χ0) is 12.1. The number of aromatic nitrogens is 2. The summed E-state index contributed by atoms with van der Waals surface area (Å²) in [7, 11) is 0. The molecular weight excluding hydrogens is 214 g/mol. The van der Waals surface area contributed by atoms with Gasteiger partial charge < -0.3 is 10.5 Å². The number of rotatable bonds is 5. The molecular formula is C13H17N3O. The first kappa shape index (κ1) is 11.5.